The average Bonchev–Trinajstić information content (AvgIpc) is 2.27. The third-order valence-corrected chi connectivity index (χ3v) is 2.59. The van der Waals surface area contributed by atoms with Gasteiger partial charge in [0.2, 0.25) is 0 Å². The van der Waals surface area contributed by atoms with Crippen molar-refractivity contribution < 1.29 is 5.11 Å². The Morgan fingerprint density at radius 2 is 1.94 bits per heavy atom. The lowest BCUT2D eigenvalue weighted by Gasteiger charge is -2.17. The summed E-state index contributed by atoms with van der Waals surface area (Å²) in [5, 5.41) is 15.7. The highest BCUT2D eigenvalue weighted by molar-refractivity contribution is 5.47. The summed E-state index contributed by atoms with van der Waals surface area (Å²) in [6.07, 6.45) is 2.28. The van der Waals surface area contributed by atoms with Crippen LogP contribution in [0.4, 0.5) is 11.6 Å². The van der Waals surface area contributed by atoms with Crippen LogP contribution < -0.4 is 10.6 Å². The highest BCUT2D eigenvalue weighted by Gasteiger charge is 2.09. The van der Waals surface area contributed by atoms with Crippen molar-refractivity contribution in [1.82, 2.24) is 9.97 Å². The Labute approximate surface area is 109 Å². The molecular weight excluding hydrogens is 228 g/mol. The number of aliphatic hydroxyl groups excluding tert-OH is 1. The molecule has 2 atom stereocenters. The van der Waals surface area contributed by atoms with Gasteiger partial charge in [0.1, 0.15) is 17.5 Å². The van der Waals surface area contributed by atoms with Crippen molar-refractivity contribution in [1.29, 1.82) is 0 Å². The minimum Gasteiger partial charge on any atom is -0.393 e. The van der Waals surface area contributed by atoms with Crippen LogP contribution in [0.25, 0.3) is 0 Å². The zero-order valence-corrected chi connectivity index (χ0v) is 11.7. The van der Waals surface area contributed by atoms with Gasteiger partial charge in [-0.15, -0.1) is 0 Å². The van der Waals surface area contributed by atoms with Crippen LogP contribution in [-0.2, 0) is 6.42 Å². The van der Waals surface area contributed by atoms with Crippen molar-refractivity contribution in [3.63, 3.8) is 0 Å². The molecule has 0 aliphatic heterocycles. The molecule has 5 nitrogen and oxygen atoms in total. The molecule has 2 unspecified atom stereocenters. The van der Waals surface area contributed by atoms with Gasteiger partial charge in [-0.25, -0.2) is 9.97 Å². The first-order valence-electron chi connectivity index (χ1n) is 6.55. The van der Waals surface area contributed by atoms with Gasteiger partial charge in [-0.1, -0.05) is 6.92 Å². The lowest BCUT2D eigenvalue weighted by atomic mass is 10.1. The predicted octanol–water partition coefficient (Wildman–Crippen LogP) is 2.04. The van der Waals surface area contributed by atoms with E-state index in [-0.39, 0.29) is 12.1 Å². The van der Waals surface area contributed by atoms with Crippen molar-refractivity contribution in [2.24, 2.45) is 0 Å². The second kappa shape index (κ2) is 7.16. The summed E-state index contributed by atoms with van der Waals surface area (Å²) < 4.78 is 0. The molecule has 0 radical (unpaired) electrons. The monoisotopic (exact) mass is 252 g/mol. The number of rotatable bonds is 7. The average molecular weight is 252 g/mol. The van der Waals surface area contributed by atoms with Gasteiger partial charge in [0.15, 0.2) is 0 Å². The second-order valence-electron chi connectivity index (χ2n) is 4.68. The summed E-state index contributed by atoms with van der Waals surface area (Å²) in [7, 11) is 1.85. The Hall–Kier alpha value is -1.36. The van der Waals surface area contributed by atoms with Gasteiger partial charge in [0.25, 0.3) is 0 Å². The van der Waals surface area contributed by atoms with E-state index in [1.165, 1.54) is 0 Å². The first kappa shape index (κ1) is 14.7. The molecule has 0 aromatic carbocycles. The molecule has 18 heavy (non-hydrogen) atoms. The molecule has 1 aromatic rings. The van der Waals surface area contributed by atoms with Crippen LogP contribution in [-0.4, -0.2) is 34.3 Å². The normalized spacial score (nSPS) is 14.1. The molecule has 1 heterocycles. The van der Waals surface area contributed by atoms with E-state index in [1.54, 1.807) is 6.92 Å². The number of aromatic nitrogens is 2. The molecule has 0 aliphatic rings. The van der Waals surface area contributed by atoms with Crippen LogP contribution in [0, 0.1) is 0 Å². The molecular formula is C13H24N4O. The maximum Gasteiger partial charge on any atom is 0.133 e. The molecule has 0 saturated heterocycles. The topological polar surface area (TPSA) is 70.1 Å². The molecule has 0 bridgehead atoms. The maximum absolute atomic E-state index is 9.36. The van der Waals surface area contributed by atoms with E-state index in [0.29, 0.717) is 6.42 Å². The fourth-order valence-corrected chi connectivity index (χ4v) is 1.86. The Morgan fingerprint density at radius 1 is 1.28 bits per heavy atom. The highest BCUT2D eigenvalue weighted by atomic mass is 16.3. The van der Waals surface area contributed by atoms with Crippen LogP contribution in [0.1, 0.15) is 39.4 Å². The van der Waals surface area contributed by atoms with Gasteiger partial charge >= 0.3 is 0 Å². The molecule has 1 rings (SSSR count). The Kier molecular flexibility index (Phi) is 5.85. The van der Waals surface area contributed by atoms with Gasteiger partial charge in [0, 0.05) is 25.6 Å². The summed E-state index contributed by atoms with van der Waals surface area (Å²) in [5.41, 5.74) is 0. The van der Waals surface area contributed by atoms with Crippen molar-refractivity contribution >= 4 is 11.6 Å². The van der Waals surface area contributed by atoms with E-state index < -0.39 is 0 Å². The zero-order chi connectivity index (χ0) is 13.5. The first-order chi connectivity index (χ1) is 8.55. The number of nitrogens with zero attached hydrogens (tertiary/aromatic N) is 2. The van der Waals surface area contributed by atoms with E-state index in [0.717, 1.165) is 30.3 Å². The van der Waals surface area contributed by atoms with Crippen LogP contribution in [0.15, 0.2) is 6.07 Å². The largest absolute Gasteiger partial charge is 0.393 e. The minimum absolute atomic E-state index is 0.180. The fraction of sp³-hybridized carbons (Fsp3) is 0.692. The van der Waals surface area contributed by atoms with Crippen molar-refractivity contribution in [2.75, 3.05) is 17.7 Å². The van der Waals surface area contributed by atoms with E-state index >= 15 is 0 Å². The molecule has 3 N–H and O–H groups in total. The molecule has 0 spiro atoms. The maximum atomic E-state index is 9.36. The van der Waals surface area contributed by atoms with E-state index in [2.05, 4.69) is 27.5 Å². The summed E-state index contributed by atoms with van der Waals surface area (Å²) in [4.78, 5) is 8.87. The summed E-state index contributed by atoms with van der Waals surface area (Å²) >= 11 is 0. The van der Waals surface area contributed by atoms with Gasteiger partial charge < -0.3 is 15.7 Å². The number of anilines is 2. The predicted molar refractivity (Wildman–Crippen MR) is 75.0 cm³/mol. The van der Waals surface area contributed by atoms with E-state index in [1.807, 2.05) is 20.0 Å². The number of aliphatic hydroxyl groups is 1. The van der Waals surface area contributed by atoms with Crippen molar-refractivity contribution in [2.45, 2.75) is 52.2 Å². The van der Waals surface area contributed by atoms with Gasteiger partial charge in [0.05, 0.1) is 6.10 Å². The standard InChI is InChI=1S/C13H24N4O/c1-5-6-11-16-12(14-4)8-13(17-11)15-9(2)7-10(3)18/h8-10,18H,5-7H2,1-4H3,(H2,14,15,16,17). The molecule has 0 amide bonds. The summed E-state index contributed by atoms with van der Waals surface area (Å²) in [6, 6.07) is 2.07. The SMILES string of the molecule is CCCc1nc(NC)cc(NC(C)CC(C)O)n1. The van der Waals surface area contributed by atoms with Gasteiger partial charge in [-0.2, -0.15) is 0 Å². The third kappa shape index (κ3) is 4.87. The summed E-state index contributed by atoms with van der Waals surface area (Å²) in [6.45, 7) is 5.94. The molecule has 0 aliphatic carbocycles. The molecule has 1 aromatic heterocycles. The minimum atomic E-state index is -0.312. The zero-order valence-electron chi connectivity index (χ0n) is 11.7. The Morgan fingerprint density at radius 3 is 2.50 bits per heavy atom. The number of hydrogen-bond donors (Lipinski definition) is 3. The summed E-state index contributed by atoms with van der Waals surface area (Å²) in [5.74, 6) is 2.47. The van der Waals surface area contributed by atoms with E-state index in [9.17, 15) is 5.11 Å². The quantitative estimate of drug-likeness (QED) is 0.693. The first-order valence-corrected chi connectivity index (χ1v) is 6.55. The van der Waals surface area contributed by atoms with Crippen LogP contribution in [0.3, 0.4) is 0 Å². The van der Waals surface area contributed by atoms with Gasteiger partial charge in [-0.05, 0) is 26.7 Å². The molecule has 102 valence electrons. The number of nitrogens with one attached hydrogen (secondary N) is 2. The van der Waals surface area contributed by atoms with Crippen LogP contribution >= 0.6 is 0 Å². The highest BCUT2D eigenvalue weighted by Crippen LogP contribution is 2.14. The molecule has 5 heteroatoms. The van der Waals surface area contributed by atoms with Crippen molar-refractivity contribution in [3.8, 4) is 0 Å². The molecule has 0 saturated carbocycles. The number of aryl methyl sites for hydroxylation is 1. The van der Waals surface area contributed by atoms with Crippen LogP contribution in [0.5, 0.6) is 0 Å². The molecule has 0 fully saturated rings. The van der Waals surface area contributed by atoms with E-state index in [4.69, 9.17) is 0 Å². The smallest absolute Gasteiger partial charge is 0.133 e. The number of hydrogen-bond acceptors (Lipinski definition) is 5. The lowest BCUT2D eigenvalue weighted by Crippen LogP contribution is -2.21. The fourth-order valence-electron chi connectivity index (χ4n) is 1.86. The lowest BCUT2D eigenvalue weighted by molar-refractivity contribution is 0.179. The second-order valence-corrected chi connectivity index (χ2v) is 4.68. The third-order valence-electron chi connectivity index (χ3n) is 2.59. The van der Waals surface area contributed by atoms with Gasteiger partial charge in [-0.3, -0.25) is 0 Å². The van der Waals surface area contributed by atoms with Crippen LogP contribution in [0.2, 0.25) is 0 Å². The Balaban J connectivity index is 2.77. The Bertz CT molecular complexity index is 368. The van der Waals surface area contributed by atoms with Crippen molar-refractivity contribution in [3.05, 3.63) is 11.9 Å².